The first-order valence-corrected chi connectivity index (χ1v) is 6.15. The second-order valence-electron chi connectivity index (χ2n) is 4.14. The Morgan fingerprint density at radius 2 is 2.35 bits per heavy atom. The predicted molar refractivity (Wildman–Crippen MR) is 66.3 cm³/mol. The van der Waals surface area contributed by atoms with E-state index in [1.807, 2.05) is 7.05 Å². The molecule has 94 valence electrons. The number of nitrogens with zero attached hydrogens (tertiary/aromatic N) is 2. The lowest BCUT2D eigenvalue weighted by atomic mass is 10.3. The van der Waals surface area contributed by atoms with Crippen LogP contribution in [0.3, 0.4) is 0 Å². The van der Waals surface area contributed by atoms with Crippen molar-refractivity contribution in [2.75, 3.05) is 26.7 Å². The first-order chi connectivity index (χ1) is 8.06. The summed E-state index contributed by atoms with van der Waals surface area (Å²) in [6, 6.07) is 0. The van der Waals surface area contributed by atoms with Gasteiger partial charge in [-0.1, -0.05) is 0 Å². The van der Waals surface area contributed by atoms with Crippen LogP contribution >= 0.6 is 15.9 Å². The molecule has 0 bridgehead atoms. The lowest BCUT2D eigenvalue weighted by molar-refractivity contribution is -0.0281. The molecule has 2 rings (SSSR count). The molecule has 1 aliphatic rings. The number of hydrogen-bond acceptors (Lipinski definition) is 4. The van der Waals surface area contributed by atoms with Gasteiger partial charge in [0.1, 0.15) is 0 Å². The van der Waals surface area contributed by atoms with E-state index < -0.39 is 11.2 Å². The topological polar surface area (TPSA) is 67.3 Å². The van der Waals surface area contributed by atoms with E-state index in [4.69, 9.17) is 4.74 Å². The SMILES string of the molecule is CN1CCOC(Cn2cc(Br)c(=O)[nH]c2=O)C1. The summed E-state index contributed by atoms with van der Waals surface area (Å²) < 4.78 is 7.37. The number of morpholine rings is 1. The minimum atomic E-state index is -0.409. The average molecular weight is 304 g/mol. The highest BCUT2D eigenvalue weighted by atomic mass is 79.9. The molecule has 1 saturated heterocycles. The number of halogens is 1. The first-order valence-electron chi connectivity index (χ1n) is 5.35. The Kier molecular flexibility index (Phi) is 3.80. The molecule has 1 N–H and O–H groups in total. The van der Waals surface area contributed by atoms with E-state index in [1.54, 1.807) is 0 Å². The zero-order valence-electron chi connectivity index (χ0n) is 9.48. The van der Waals surface area contributed by atoms with Gasteiger partial charge in [-0.15, -0.1) is 0 Å². The van der Waals surface area contributed by atoms with Crippen LogP contribution in [0.1, 0.15) is 0 Å². The summed E-state index contributed by atoms with van der Waals surface area (Å²) in [5, 5.41) is 0. The van der Waals surface area contributed by atoms with Gasteiger partial charge in [0, 0.05) is 19.3 Å². The van der Waals surface area contributed by atoms with Crippen molar-refractivity contribution in [1.82, 2.24) is 14.5 Å². The third kappa shape index (κ3) is 3.05. The van der Waals surface area contributed by atoms with Gasteiger partial charge < -0.3 is 9.64 Å². The molecule has 1 atom stereocenters. The maximum absolute atomic E-state index is 11.6. The van der Waals surface area contributed by atoms with Crippen LogP contribution in [0, 0.1) is 0 Å². The molecular weight excluding hydrogens is 290 g/mol. The van der Waals surface area contributed by atoms with Crippen molar-refractivity contribution in [2.24, 2.45) is 0 Å². The molecule has 0 saturated carbocycles. The average Bonchev–Trinajstić information content (AvgIpc) is 2.26. The Balaban J connectivity index is 2.16. The number of ether oxygens (including phenoxy) is 1. The molecule has 0 spiro atoms. The van der Waals surface area contributed by atoms with Crippen LogP contribution in [0.25, 0.3) is 0 Å². The molecule has 0 aliphatic carbocycles. The smallest absolute Gasteiger partial charge is 0.328 e. The predicted octanol–water partition coefficient (Wildman–Crippen LogP) is -0.370. The summed E-state index contributed by atoms with van der Waals surface area (Å²) in [6.45, 7) is 2.79. The van der Waals surface area contributed by atoms with Gasteiger partial charge in [0.2, 0.25) is 0 Å². The largest absolute Gasteiger partial charge is 0.374 e. The molecule has 1 unspecified atom stereocenters. The van der Waals surface area contributed by atoms with Gasteiger partial charge >= 0.3 is 5.69 Å². The van der Waals surface area contributed by atoms with Crippen LogP contribution in [0.5, 0.6) is 0 Å². The summed E-state index contributed by atoms with van der Waals surface area (Å²) in [5.41, 5.74) is -0.817. The molecular formula is C10H14BrN3O3. The fourth-order valence-electron chi connectivity index (χ4n) is 1.81. The number of hydrogen-bond donors (Lipinski definition) is 1. The number of aromatic nitrogens is 2. The molecule has 0 aromatic carbocycles. The third-order valence-electron chi connectivity index (χ3n) is 2.71. The van der Waals surface area contributed by atoms with Crippen molar-refractivity contribution in [2.45, 2.75) is 12.6 Å². The zero-order chi connectivity index (χ0) is 12.4. The maximum Gasteiger partial charge on any atom is 0.328 e. The monoisotopic (exact) mass is 303 g/mol. The second kappa shape index (κ2) is 5.16. The van der Waals surface area contributed by atoms with E-state index in [0.717, 1.165) is 13.1 Å². The molecule has 6 nitrogen and oxygen atoms in total. The van der Waals surface area contributed by atoms with Crippen molar-refractivity contribution in [1.29, 1.82) is 0 Å². The molecule has 7 heteroatoms. The Labute approximate surface area is 106 Å². The molecule has 0 amide bonds. The quantitative estimate of drug-likeness (QED) is 0.809. The third-order valence-corrected chi connectivity index (χ3v) is 3.27. The summed E-state index contributed by atoms with van der Waals surface area (Å²) in [4.78, 5) is 27.1. The fraction of sp³-hybridized carbons (Fsp3) is 0.600. The number of likely N-dealkylation sites (N-methyl/N-ethyl adjacent to an activating group) is 1. The van der Waals surface area contributed by atoms with E-state index in [1.165, 1.54) is 10.8 Å². The van der Waals surface area contributed by atoms with Crippen molar-refractivity contribution in [3.05, 3.63) is 31.5 Å². The van der Waals surface area contributed by atoms with Crippen LogP contribution in [0.2, 0.25) is 0 Å². The Morgan fingerprint density at radius 3 is 3.06 bits per heavy atom. The lowest BCUT2D eigenvalue weighted by Gasteiger charge is -2.30. The van der Waals surface area contributed by atoms with Crippen LogP contribution in [-0.2, 0) is 11.3 Å². The van der Waals surface area contributed by atoms with Gasteiger partial charge in [0.15, 0.2) is 0 Å². The molecule has 2 heterocycles. The van der Waals surface area contributed by atoms with Gasteiger partial charge in [0.05, 0.1) is 23.7 Å². The van der Waals surface area contributed by atoms with Gasteiger partial charge in [-0.05, 0) is 23.0 Å². The summed E-state index contributed by atoms with van der Waals surface area (Å²) in [6.07, 6.45) is 1.48. The number of rotatable bonds is 2. The summed E-state index contributed by atoms with van der Waals surface area (Å²) in [7, 11) is 2.01. The first kappa shape index (κ1) is 12.5. The zero-order valence-corrected chi connectivity index (χ0v) is 11.1. The van der Waals surface area contributed by atoms with Crippen LogP contribution in [-0.4, -0.2) is 47.3 Å². The Morgan fingerprint density at radius 1 is 1.59 bits per heavy atom. The highest BCUT2D eigenvalue weighted by Gasteiger charge is 2.18. The molecule has 17 heavy (non-hydrogen) atoms. The molecule has 1 aromatic heterocycles. The normalized spacial score (nSPS) is 21.6. The van der Waals surface area contributed by atoms with E-state index >= 15 is 0 Å². The van der Waals surface area contributed by atoms with E-state index in [9.17, 15) is 9.59 Å². The minimum Gasteiger partial charge on any atom is -0.374 e. The second-order valence-corrected chi connectivity index (χ2v) is 5.00. The minimum absolute atomic E-state index is 0.0238. The van der Waals surface area contributed by atoms with Gasteiger partial charge in [-0.2, -0.15) is 0 Å². The van der Waals surface area contributed by atoms with E-state index in [-0.39, 0.29) is 6.10 Å². The van der Waals surface area contributed by atoms with E-state index in [2.05, 4.69) is 25.8 Å². The van der Waals surface area contributed by atoms with Crippen LogP contribution in [0.15, 0.2) is 20.3 Å². The number of aromatic amines is 1. The van der Waals surface area contributed by atoms with Crippen molar-refractivity contribution in [3.8, 4) is 0 Å². The molecule has 1 aliphatic heterocycles. The van der Waals surface area contributed by atoms with Gasteiger partial charge in [-0.3, -0.25) is 14.3 Å². The van der Waals surface area contributed by atoms with Gasteiger partial charge in [-0.25, -0.2) is 4.79 Å². The highest BCUT2D eigenvalue weighted by molar-refractivity contribution is 9.10. The summed E-state index contributed by atoms with van der Waals surface area (Å²) in [5.74, 6) is 0. The maximum atomic E-state index is 11.6. The summed E-state index contributed by atoms with van der Waals surface area (Å²) >= 11 is 3.10. The van der Waals surface area contributed by atoms with Crippen molar-refractivity contribution >= 4 is 15.9 Å². The van der Waals surface area contributed by atoms with E-state index in [0.29, 0.717) is 17.6 Å². The van der Waals surface area contributed by atoms with Crippen LogP contribution in [0.4, 0.5) is 0 Å². The standard InChI is InChI=1S/C10H14BrN3O3/c1-13-2-3-17-7(4-13)5-14-6-8(11)9(15)12-10(14)16/h6-7H,2-5H2,1H3,(H,12,15,16). The Hall–Kier alpha value is -0.920. The van der Waals surface area contributed by atoms with Crippen LogP contribution < -0.4 is 11.2 Å². The molecule has 0 radical (unpaired) electrons. The van der Waals surface area contributed by atoms with Gasteiger partial charge in [0.25, 0.3) is 5.56 Å². The lowest BCUT2D eigenvalue weighted by Crippen LogP contribution is -2.44. The van der Waals surface area contributed by atoms with Crippen molar-refractivity contribution in [3.63, 3.8) is 0 Å². The fourth-order valence-corrected chi connectivity index (χ4v) is 2.16. The highest BCUT2D eigenvalue weighted by Crippen LogP contribution is 2.05. The number of nitrogens with one attached hydrogen (secondary N) is 1. The molecule has 1 aromatic rings. The number of H-pyrrole nitrogens is 1. The Bertz CT molecular complexity index is 510. The molecule has 1 fully saturated rings. The van der Waals surface area contributed by atoms with Crippen molar-refractivity contribution < 1.29 is 4.74 Å².